The Labute approximate surface area is 128 Å². The number of nitrogens with one attached hydrogen (secondary N) is 1. The molecule has 0 heterocycles. The first-order valence-electron chi connectivity index (χ1n) is 6.22. The first kappa shape index (κ1) is 16.9. The molecule has 1 aromatic rings. The lowest BCUT2D eigenvalue weighted by molar-refractivity contribution is -0.118. The van der Waals surface area contributed by atoms with Crippen molar-refractivity contribution in [2.24, 2.45) is 0 Å². The third-order valence-corrected chi connectivity index (χ3v) is 3.54. The fourth-order valence-electron chi connectivity index (χ4n) is 1.55. The van der Waals surface area contributed by atoms with E-state index in [0.717, 1.165) is 11.3 Å². The highest BCUT2D eigenvalue weighted by molar-refractivity contribution is 7.98. The zero-order chi connectivity index (χ0) is 14.8. The van der Waals surface area contributed by atoms with Crippen LogP contribution in [0.15, 0.2) is 30.3 Å². The molecule has 0 bridgehead atoms. The van der Waals surface area contributed by atoms with Gasteiger partial charge in [-0.1, -0.05) is 30.3 Å². The minimum atomic E-state index is -0.599. The van der Waals surface area contributed by atoms with Crippen LogP contribution in [0.25, 0.3) is 0 Å². The normalized spacial score (nSPS) is 11.7. The molecule has 1 unspecified atom stereocenters. The molecule has 0 saturated heterocycles. The number of benzene rings is 1. The summed E-state index contributed by atoms with van der Waals surface area (Å²) in [5.41, 5.74) is 0.895. The summed E-state index contributed by atoms with van der Waals surface area (Å²) in [4.78, 5) is 23.3. The van der Waals surface area contributed by atoms with Crippen molar-refractivity contribution in [3.8, 4) is 0 Å². The van der Waals surface area contributed by atoms with Crippen LogP contribution < -0.4 is 5.32 Å². The Morgan fingerprint density at radius 1 is 1.35 bits per heavy atom. The molecule has 0 spiro atoms. The van der Waals surface area contributed by atoms with Crippen LogP contribution >= 0.6 is 23.4 Å². The molecule has 0 aromatic heterocycles. The van der Waals surface area contributed by atoms with Crippen LogP contribution in [0.1, 0.15) is 12.0 Å². The van der Waals surface area contributed by atoms with E-state index in [9.17, 15) is 9.59 Å². The predicted molar refractivity (Wildman–Crippen MR) is 82.3 cm³/mol. The highest BCUT2D eigenvalue weighted by Gasteiger charge is 2.19. The minimum absolute atomic E-state index is 0.113. The lowest BCUT2D eigenvalue weighted by Gasteiger charge is -2.16. The van der Waals surface area contributed by atoms with Gasteiger partial charge in [0.2, 0.25) is 0 Å². The molecule has 1 aromatic carbocycles. The van der Waals surface area contributed by atoms with E-state index in [4.69, 9.17) is 16.3 Å². The maximum Gasteiger partial charge on any atom is 0.408 e. The number of ketones is 1. The molecule has 4 nitrogen and oxygen atoms in total. The molecule has 0 radical (unpaired) electrons. The number of carbonyl (C=O) groups is 2. The van der Waals surface area contributed by atoms with Gasteiger partial charge in [-0.05, 0) is 24.0 Å². The zero-order valence-corrected chi connectivity index (χ0v) is 12.9. The van der Waals surface area contributed by atoms with Gasteiger partial charge in [0.05, 0.1) is 11.9 Å². The summed E-state index contributed by atoms with van der Waals surface area (Å²) < 4.78 is 5.08. The summed E-state index contributed by atoms with van der Waals surface area (Å²) in [6.45, 7) is 0.178. The SMILES string of the molecule is CSCCC(NC(=O)OCc1ccccc1)C(=O)CCl. The van der Waals surface area contributed by atoms with E-state index in [1.807, 2.05) is 36.6 Å². The quantitative estimate of drug-likeness (QED) is 0.749. The largest absolute Gasteiger partial charge is 0.445 e. The lowest BCUT2D eigenvalue weighted by Crippen LogP contribution is -2.42. The van der Waals surface area contributed by atoms with Crippen LogP contribution in [-0.2, 0) is 16.1 Å². The maximum atomic E-state index is 11.7. The van der Waals surface area contributed by atoms with Crippen molar-refractivity contribution >= 4 is 35.2 Å². The molecular formula is C14H18ClNO3S. The van der Waals surface area contributed by atoms with E-state index < -0.39 is 12.1 Å². The Morgan fingerprint density at radius 2 is 2.05 bits per heavy atom. The summed E-state index contributed by atoms with van der Waals surface area (Å²) in [6, 6.07) is 8.78. The maximum absolute atomic E-state index is 11.7. The fourth-order valence-corrected chi connectivity index (χ4v) is 2.21. The second-order valence-corrected chi connectivity index (χ2v) is 5.39. The van der Waals surface area contributed by atoms with Crippen LogP contribution in [0.4, 0.5) is 4.79 Å². The second kappa shape index (κ2) is 9.66. The van der Waals surface area contributed by atoms with E-state index in [2.05, 4.69) is 5.32 Å². The van der Waals surface area contributed by atoms with Crippen LogP contribution in [0.3, 0.4) is 0 Å². The van der Waals surface area contributed by atoms with Crippen LogP contribution in [-0.4, -0.2) is 35.8 Å². The summed E-state index contributed by atoms with van der Waals surface area (Å²) >= 11 is 7.14. The first-order chi connectivity index (χ1) is 9.67. The highest BCUT2D eigenvalue weighted by atomic mass is 35.5. The zero-order valence-electron chi connectivity index (χ0n) is 11.3. The van der Waals surface area contributed by atoms with Gasteiger partial charge in [-0.15, -0.1) is 11.6 Å². The van der Waals surface area contributed by atoms with Crippen molar-refractivity contribution in [1.29, 1.82) is 0 Å². The monoisotopic (exact) mass is 315 g/mol. The predicted octanol–water partition coefficient (Wildman–Crippen LogP) is 2.84. The van der Waals surface area contributed by atoms with E-state index in [1.54, 1.807) is 11.8 Å². The van der Waals surface area contributed by atoms with Gasteiger partial charge in [-0.25, -0.2) is 4.79 Å². The summed E-state index contributed by atoms with van der Waals surface area (Å²) in [5.74, 6) is 0.460. The molecule has 20 heavy (non-hydrogen) atoms. The number of amides is 1. The van der Waals surface area contributed by atoms with Gasteiger partial charge >= 0.3 is 6.09 Å². The number of hydrogen-bond acceptors (Lipinski definition) is 4. The number of hydrogen-bond donors (Lipinski definition) is 1. The molecule has 1 amide bonds. The van der Waals surface area contributed by atoms with Crippen LogP contribution in [0.5, 0.6) is 0 Å². The molecule has 1 atom stereocenters. The first-order valence-corrected chi connectivity index (χ1v) is 8.15. The molecule has 0 aliphatic carbocycles. The lowest BCUT2D eigenvalue weighted by atomic mass is 10.1. The molecule has 1 N–H and O–H groups in total. The van der Waals surface area contributed by atoms with Gasteiger partial charge in [0.15, 0.2) is 5.78 Å². The third kappa shape index (κ3) is 6.30. The Bertz CT molecular complexity index is 428. The molecular weight excluding hydrogens is 298 g/mol. The molecule has 0 saturated carbocycles. The molecule has 1 rings (SSSR count). The number of ether oxygens (including phenoxy) is 1. The summed E-state index contributed by atoms with van der Waals surface area (Å²) in [6.07, 6.45) is 1.89. The third-order valence-electron chi connectivity index (χ3n) is 2.64. The number of halogens is 1. The van der Waals surface area contributed by atoms with Crippen LogP contribution in [0.2, 0.25) is 0 Å². The molecule has 0 fully saturated rings. The van der Waals surface area contributed by atoms with E-state index >= 15 is 0 Å². The standard InChI is InChI=1S/C14H18ClNO3S/c1-20-8-7-12(13(17)9-15)16-14(18)19-10-11-5-3-2-4-6-11/h2-6,12H,7-10H2,1H3,(H,16,18). The topological polar surface area (TPSA) is 55.4 Å². The van der Waals surface area contributed by atoms with Crippen molar-refractivity contribution in [3.05, 3.63) is 35.9 Å². The average molecular weight is 316 g/mol. The van der Waals surface area contributed by atoms with Crippen molar-refractivity contribution in [1.82, 2.24) is 5.32 Å². The number of Topliss-reactive ketones (excluding diaryl/α,β-unsaturated/α-hetero) is 1. The average Bonchev–Trinajstić information content (AvgIpc) is 2.49. The van der Waals surface area contributed by atoms with Crippen molar-refractivity contribution in [2.75, 3.05) is 17.9 Å². The van der Waals surface area contributed by atoms with E-state index in [-0.39, 0.29) is 18.3 Å². The van der Waals surface area contributed by atoms with Gasteiger partial charge in [0.25, 0.3) is 0 Å². The Kier molecular flexibility index (Phi) is 8.14. The van der Waals surface area contributed by atoms with Gasteiger partial charge in [0, 0.05) is 0 Å². The van der Waals surface area contributed by atoms with Crippen LogP contribution in [0, 0.1) is 0 Å². The van der Waals surface area contributed by atoms with Crippen molar-refractivity contribution in [3.63, 3.8) is 0 Å². The van der Waals surface area contributed by atoms with Gasteiger partial charge in [0.1, 0.15) is 6.61 Å². The number of alkyl carbamates (subject to hydrolysis) is 1. The fraction of sp³-hybridized carbons (Fsp3) is 0.429. The summed E-state index contributed by atoms with van der Waals surface area (Å²) in [5, 5.41) is 2.56. The molecule has 110 valence electrons. The number of alkyl halides is 1. The number of rotatable bonds is 8. The van der Waals surface area contributed by atoms with E-state index in [1.165, 1.54) is 0 Å². The molecule has 6 heteroatoms. The Hall–Kier alpha value is -1.20. The van der Waals surface area contributed by atoms with Crippen molar-refractivity contribution < 1.29 is 14.3 Å². The molecule has 0 aliphatic rings. The Morgan fingerprint density at radius 3 is 2.65 bits per heavy atom. The minimum Gasteiger partial charge on any atom is -0.445 e. The van der Waals surface area contributed by atoms with Crippen molar-refractivity contribution in [2.45, 2.75) is 19.1 Å². The van der Waals surface area contributed by atoms with Gasteiger partial charge in [-0.2, -0.15) is 11.8 Å². The van der Waals surface area contributed by atoms with Gasteiger partial charge in [-0.3, -0.25) is 4.79 Å². The Balaban J connectivity index is 2.43. The molecule has 0 aliphatic heterocycles. The number of carbonyl (C=O) groups excluding carboxylic acids is 2. The van der Waals surface area contributed by atoms with Gasteiger partial charge < -0.3 is 10.1 Å². The number of thioether (sulfide) groups is 1. The second-order valence-electron chi connectivity index (χ2n) is 4.14. The summed E-state index contributed by atoms with van der Waals surface area (Å²) in [7, 11) is 0. The van der Waals surface area contributed by atoms with E-state index in [0.29, 0.717) is 6.42 Å². The smallest absolute Gasteiger partial charge is 0.408 e. The highest BCUT2D eigenvalue weighted by Crippen LogP contribution is 2.05.